The van der Waals surface area contributed by atoms with Crippen molar-refractivity contribution < 1.29 is 45.2 Å². The van der Waals surface area contributed by atoms with E-state index >= 15 is 0 Å². The number of phosphoric ester groups is 1. The number of benzene rings is 2. The zero-order valence-electron chi connectivity index (χ0n) is 23.4. The summed E-state index contributed by atoms with van der Waals surface area (Å²) in [5.74, 6) is -2.60. The monoisotopic (exact) mass is 652 g/mol. The standard InChI is InChI=1S/C27H36ClF2N2O8PS/c1-3-5-13-38-41(35,39-14-6-4-2)40-22-10-9-21(33)17-32(18-22)42(36,37)26-15-19(7-11-25(26)30)27(34)31-20-8-12-24(29)23(28)16-20/h7-8,11-12,15-16,21-22,33H,3-6,9-10,13-14,17-18H2,1-2H3,(H,31,34)/t21-,22+/m1/s1. The highest BCUT2D eigenvalue weighted by atomic mass is 35.5. The highest BCUT2D eigenvalue weighted by molar-refractivity contribution is 7.89. The quantitative estimate of drug-likeness (QED) is 0.184. The Balaban J connectivity index is 1.84. The van der Waals surface area contributed by atoms with E-state index in [2.05, 4.69) is 5.32 Å². The van der Waals surface area contributed by atoms with Gasteiger partial charge in [-0.2, -0.15) is 4.31 Å². The summed E-state index contributed by atoms with van der Waals surface area (Å²) in [6.07, 6.45) is 0.893. The number of anilines is 1. The molecule has 1 amide bonds. The number of aliphatic hydroxyl groups excluding tert-OH is 1. The number of halogens is 3. The minimum absolute atomic E-state index is 0.113. The molecule has 1 fully saturated rings. The predicted molar refractivity (Wildman–Crippen MR) is 154 cm³/mol. The first-order valence-corrected chi connectivity index (χ1v) is 17.0. The maximum absolute atomic E-state index is 14.9. The summed E-state index contributed by atoms with van der Waals surface area (Å²) in [4.78, 5) is 12.0. The fourth-order valence-electron chi connectivity index (χ4n) is 4.06. The van der Waals surface area contributed by atoms with Crippen molar-refractivity contribution in [2.24, 2.45) is 0 Å². The fourth-order valence-corrected chi connectivity index (χ4v) is 7.28. The van der Waals surface area contributed by atoms with Crippen LogP contribution in [0.15, 0.2) is 41.3 Å². The Morgan fingerprint density at radius 2 is 1.69 bits per heavy atom. The highest BCUT2D eigenvalue weighted by Gasteiger charge is 2.38. The zero-order valence-corrected chi connectivity index (χ0v) is 25.9. The number of β-amino-alcohol motifs (C(OH)–C–C–N with tert-alkyl or cyclic N) is 1. The smallest absolute Gasteiger partial charge is 0.392 e. The van der Waals surface area contributed by atoms with Crippen LogP contribution in [-0.4, -0.2) is 62.2 Å². The molecule has 1 aliphatic heterocycles. The van der Waals surface area contributed by atoms with Crippen molar-refractivity contribution in [3.05, 3.63) is 58.6 Å². The first kappa shape index (κ1) is 34.5. The van der Waals surface area contributed by atoms with Gasteiger partial charge in [0.1, 0.15) is 16.5 Å². The van der Waals surface area contributed by atoms with E-state index in [-0.39, 0.29) is 55.4 Å². The molecule has 1 heterocycles. The molecule has 1 saturated heterocycles. The molecule has 234 valence electrons. The molecule has 0 unspecified atom stereocenters. The second-order valence-electron chi connectivity index (χ2n) is 9.83. The van der Waals surface area contributed by atoms with Gasteiger partial charge in [-0.3, -0.25) is 18.4 Å². The lowest BCUT2D eigenvalue weighted by molar-refractivity contribution is 0.0677. The van der Waals surface area contributed by atoms with Gasteiger partial charge in [0.15, 0.2) is 0 Å². The molecular formula is C27H36ClF2N2O8PS. The van der Waals surface area contributed by atoms with Gasteiger partial charge in [0.25, 0.3) is 5.91 Å². The van der Waals surface area contributed by atoms with E-state index in [0.717, 1.165) is 41.4 Å². The number of sulfonamides is 1. The third-order valence-electron chi connectivity index (χ3n) is 6.40. The molecule has 10 nitrogen and oxygen atoms in total. The Hall–Kier alpha value is -1.96. The molecule has 1 aliphatic rings. The minimum atomic E-state index is -4.62. The summed E-state index contributed by atoms with van der Waals surface area (Å²) in [5, 5.41) is 12.7. The van der Waals surface area contributed by atoms with Crippen LogP contribution in [0, 0.1) is 11.6 Å². The second-order valence-corrected chi connectivity index (χ2v) is 13.8. The number of rotatable bonds is 14. The van der Waals surface area contributed by atoms with Crippen LogP contribution in [0.5, 0.6) is 0 Å². The lowest BCUT2D eigenvalue weighted by Gasteiger charge is -2.27. The van der Waals surface area contributed by atoms with Crippen LogP contribution in [0.4, 0.5) is 14.5 Å². The van der Waals surface area contributed by atoms with E-state index in [9.17, 15) is 31.7 Å². The van der Waals surface area contributed by atoms with Gasteiger partial charge in [-0.05, 0) is 62.1 Å². The van der Waals surface area contributed by atoms with Crippen molar-refractivity contribution >= 4 is 41.0 Å². The average molecular weight is 653 g/mol. The Labute approximate surface area is 250 Å². The van der Waals surface area contributed by atoms with Gasteiger partial charge in [0, 0.05) is 24.3 Å². The van der Waals surface area contributed by atoms with Gasteiger partial charge in [-0.15, -0.1) is 0 Å². The molecule has 0 bridgehead atoms. The van der Waals surface area contributed by atoms with Gasteiger partial charge >= 0.3 is 7.82 Å². The zero-order chi connectivity index (χ0) is 30.9. The molecule has 3 rings (SSSR count). The predicted octanol–water partition coefficient (Wildman–Crippen LogP) is 6.14. The minimum Gasteiger partial charge on any atom is -0.392 e. The second kappa shape index (κ2) is 15.7. The Bertz CT molecular complexity index is 1370. The van der Waals surface area contributed by atoms with Gasteiger partial charge in [-0.1, -0.05) is 38.3 Å². The van der Waals surface area contributed by atoms with E-state index < -0.39 is 52.5 Å². The molecule has 15 heteroatoms. The third kappa shape index (κ3) is 9.52. The Morgan fingerprint density at radius 3 is 2.31 bits per heavy atom. The third-order valence-corrected chi connectivity index (χ3v) is 10.1. The summed E-state index contributed by atoms with van der Waals surface area (Å²) in [6, 6.07) is 6.27. The fraction of sp³-hybridized carbons (Fsp3) is 0.519. The number of hydrogen-bond acceptors (Lipinski definition) is 8. The molecule has 0 aliphatic carbocycles. The molecular weight excluding hydrogens is 617 g/mol. The number of nitrogens with one attached hydrogen (secondary N) is 1. The lowest BCUT2D eigenvalue weighted by atomic mass is 10.1. The molecule has 2 aromatic rings. The van der Waals surface area contributed by atoms with Gasteiger partial charge < -0.3 is 10.4 Å². The van der Waals surface area contributed by atoms with E-state index in [1.807, 2.05) is 13.8 Å². The maximum atomic E-state index is 14.9. The van der Waals surface area contributed by atoms with E-state index in [0.29, 0.717) is 12.8 Å². The molecule has 0 aromatic heterocycles. The molecule has 2 atom stereocenters. The van der Waals surface area contributed by atoms with Crippen LogP contribution in [-0.2, 0) is 28.2 Å². The van der Waals surface area contributed by atoms with Crippen LogP contribution in [0.3, 0.4) is 0 Å². The largest absolute Gasteiger partial charge is 0.475 e. The van der Waals surface area contributed by atoms with Crippen LogP contribution < -0.4 is 5.32 Å². The number of phosphoric acid groups is 1. The summed E-state index contributed by atoms with van der Waals surface area (Å²) >= 11 is 5.75. The van der Waals surface area contributed by atoms with Gasteiger partial charge in [-0.25, -0.2) is 21.8 Å². The topological polar surface area (TPSA) is 131 Å². The van der Waals surface area contributed by atoms with Crippen LogP contribution in [0.2, 0.25) is 5.02 Å². The van der Waals surface area contributed by atoms with E-state index in [1.54, 1.807) is 0 Å². The van der Waals surface area contributed by atoms with Crippen LogP contribution in [0.1, 0.15) is 62.7 Å². The number of nitrogens with zero attached hydrogens (tertiary/aromatic N) is 1. The van der Waals surface area contributed by atoms with Crippen LogP contribution in [0.25, 0.3) is 0 Å². The molecule has 2 N–H and O–H groups in total. The Morgan fingerprint density at radius 1 is 1.05 bits per heavy atom. The van der Waals surface area contributed by atoms with Crippen LogP contribution >= 0.6 is 19.4 Å². The van der Waals surface area contributed by atoms with Crippen molar-refractivity contribution in [1.82, 2.24) is 4.31 Å². The number of unbranched alkanes of at least 4 members (excludes halogenated alkanes) is 2. The SMILES string of the molecule is CCCCOP(=O)(OCCCC)O[C@H]1CC[C@@H](O)CN(S(=O)(=O)c2cc(C(=O)Nc3ccc(F)c(Cl)c3)ccc2F)C1. The normalized spacial score (nSPS) is 18.5. The summed E-state index contributed by atoms with van der Waals surface area (Å²) in [7, 11) is -8.69. The number of hydrogen-bond donors (Lipinski definition) is 2. The van der Waals surface area contributed by atoms with Crippen molar-refractivity contribution in [3.8, 4) is 0 Å². The number of carbonyl (C=O) groups excluding carboxylic acids is 1. The first-order valence-electron chi connectivity index (χ1n) is 13.7. The molecule has 2 aromatic carbocycles. The van der Waals surface area contributed by atoms with Crippen molar-refractivity contribution in [3.63, 3.8) is 0 Å². The van der Waals surface area contributed by atoms with E-state index in [4.69, 9.17) is 25.2 Å². The Kier molecular flexibility index (Phi) is 12.9. The molecule has 42 heavy (non-hydrogen) atoms. The summed E-state index contributed by atoms with van der Waals surface area (Å²) in [5.41, 5.74) is -0.0563. The number of carbonyl (C=O) groups is 1. The van der Waals surface area contributed by atoms with E-state index in [1.165, 1.54) is 12.1 Å². The van der Waals surface area contributed by atoms with Crippen molar-refractivity contribution in [1.29, 1.82) is 0 Å². The maximum Gasteiger partial charge on any atom is 0.475 e. The first-order chi connectivity index (χ1) is 19.9. The summed E-state index contributed by atoms with van der Waals surface area (Å²) in [6.45, 7) is 3.33. The molecule has 0 radical (unpaired) electrons. The van der Waals surface area contributed by atoms with Gasteiger partial charge in [0.2, 0.25) is 10.0 Å². The summed E-state index contributed by atoms with van der Waals surface area (Å²) < 4.78 is 86.6. The molecule has 0 saturated carbocycles. The number of aliphatic hydroxyl groups is 1. The molecule has 0 spiro atoms. The van der Waals surface area contributed by atoms with Gasteiger partial charge in [0.05, 0.1) is 30.4 Å². The van der Waals surface area contributed by atoms with Crippen molar-refractivity contribution in [2.45, 2.75) is 69.5 Å². The average Bonchev–Trinajstić information content (AvgIpc) is 3.12. The number of amides is 1. The lowest BCUT2D eigenvalue weighted by Crippen LogP contribution is -2.40. The highest BCUT2D eigenvalue weighted by Crippen LogP contribution is 2.51. The van der Waals surface area contributed by atoms with Crippen molar-refractivity contribution in [2.75, 3.05) is 31.6 Å².